The zero-order valence-corrected chi connectivity index (χ0v) is 6.92. The second-order valence-corrected chi connectivity index (χ2v) is 2.96. The van der Waals surface area contributed by atoms with Crippen molar-refractivity contribution in [2.75, 3.05) is 0 Å². The summed E-state index contributed by atoms with van der Waals surface area (Å²) in [7, 11) is 0. The predicted octanol–water partition coefficient (Wildman–Crippen LogP) is 1.58. The van der Waals surface area contributed by atoms with Crippen molar-refractivity contribution in [3.8, 4) is 0 Å². The molecule has 0 unspecified atom stereocenters. The molecular formula is C7H6IO. The number of aliphatic hydroxyl groups excluding tert-OH is 1. The fraction of sp³-hybridized carbons (Fsp3) is 0.143. The molecule has 1 nitrogen and oxygen atoms in total. The number of halogens is 1. The van der Waals surface area contributed by atoms with Gasteiger partial charge in [0.15, 0.2) is 0 Å². The molecule has 0 saturated heterocycles. The van der Waals surface area contributed by atoms with Crippen LogP contribution in [0.4, 0.5) is 0 Å². The van der Waals surface area contributed by atoms with Crippen LogP contribution in [0.25, 0.3) is 0 Å². The van der Waals surface area contributed by atoms with Crippen molar-refractivity contribution >= 4 is 22.6 Å². The van der Waals surface area contributed by atoms with E-state index in [1.807, 2.05) is 12.1 Å². The minimum absolute atomic E-state index is 0.105. The van der Waals surface area contributed by atoms with E-state index in [0.29, 0.717) is 0 Å². The van der Waals surface area contributed by atoms with Crippen molar-refractivity contribution in [2.24, 2.45) is 0 Å². The number of rotatable bonds is 1. The third kappa shape index (κ3) is 1.95. The van der Waals surface area contributed by atoms with Gasteiger partial charge in [-0.2, -0.15) is 0 Å². The molecule has 0 atom stereocenters. The smallest absolute Gasteiger partial charge is 0.0682 e. The molecule has 0 aliphatic rings. The molecule has 0 heterocycles. The predicted molar refractivity (Wildman–Crippen MR) is 43.9 cm³/mol. The first kappa shape index (κ1) is 7.02. The van der Waals surface area contributed by atoms with Crippen LogP contribution in [0.1, 0.15) is 5.56 Å². The number of aliphatic hydroxyl groups is 1. The Kier molecular flexibility index (Phi) is 2.48. The Balaban J connectivity index is 2.94. The van der Waals surface area contributed by atoms with E-state index >= 15 is 0 Å². The van der Waals surface area contributed by atoms with Gasteiger partial charge in [-0.05, 0) is 52.4 Å². The standard InChI is InChI=1S/C7H6IO/c8-7-3-1-2-6(4-7)5-9/h2-4,9H,5H2. The van der Waals surface area contributed by atoms with Gasteiger partial charge in [0.05, 0.1) is 6.61 Å². The highest BCUT2D eigenvalue weighted by Gasteiger charge is 1.88. The van der Waals surface area contributed by atoms with E-state index in [1.54, 1.807) is 6.07 Å². The van der Waals surface area contributed by atoms with Crippen molar-refractivity contribution in [3.63, 3.8) is 0 Å². The maximum atomic E-state index is 8.64. The van der Waals surface area contributed by atoms with Gasteiger partial charge in [0.1, 0.15) is 0 Å². The lowest BCUT2D eigenvalue weighted by atomic mass is 10.2. The topological polar surface area (TPSA) is 20.2 Å². The van der Waals surface area contributed by atoms with E-state index in [2.05, 4.69) is 28.7 Å². The maximum absolute atomic E-state index is 8.64. The van der Waals surface area contributed by atoms with Gasteiger partial charge in [0, 0.05) is 3.57 Å². The van der Waals surface area contributed by atoms with Gasteiger partial charge in [0.25, 0.3) is 0 Å². The van der Waals surface area contributed by atoms with Crippen LogP contribution >= 0.6 is 22.6 Å². The highest BCUT2D eigenvalue weighted by atomic mass is 127. The van der Waals surface area contributed by atoms with Crippen molar-refractivity contribution in [1.29, 1.82) is 0 Å². The molecule has 0 aromatic heterocycles. The first-order chi connectivity index (χ1) is 4.33. The highest BCUT2D eigenvalue weighted by molar-refractivity contribution is 14.1. The molecule has 47 valence electrons. The summed E-state index contributed by atoms with van der Waals surface area (Å²) in [5.41, 5.74) is 0.918. The molecule has 0 aliphatic carbocycles. The van der Waals surface area contributed by atoms with E-state index in [0.717, 1.165) is 9.13 Å². The quantitative estimate of drug-likeness (QED) is 0.730. The SMILES string of the molecule is OCc1c[c]cc(I)c1. The van der Waals surface area contributed by atoms with E-state index in [-0.39, 0.29) is 6.61 Å². The molecular weight excluding hydrogens is 227 g/mol. The summed E-state index contributed by atoms with van der Waals surface area (Å²) < 4.78 is 1.11. The molecule has 1 radical (unpaired) electrons. The summed E-state index contributed by atoms with van der Waals surface area (Å²) in [6.07, 6.45) is 0. The monoisotopic (exact) mass is 233 g/mol. The largest absolute Gasteiger partial charge is 0.392 e. The Hall–Kier alpha value is -0.0900. The van der Waals surface area contributed by atoms with Crippen molar-refractivity contribution in [2.45, 2.75) is 6.61 Å². The molecule has 1 N–H and O–H groups in total. The molecule has 0 spiro atoms. The minimum atomic E-state index is 0.105. The average molecular weight is 233 g/mol. The lowest BCUT2D eigenvalue weighted by Gasteiger charge is -1.93. The number of benzene rings is 1. The Morgan fingerprint density at radius 1 is 1.56 bits per heavy atom. The molecule has 0 amide bonds. The first-order valence-electron chi connectivity index (χ1n) is 2.59. The van der Waals surface area contributed by atoms with Crippen LogP contribution in [-0.4, -0.2) is 5.11 Å². The Labute approximate surface area is 67.9 Å². The van der Waals surface area contributed by atoms with E-state index < -0.39 is 0 Å². The minimum Gasteiger partial charge on any atom is -0.392 e. The van der Waals surface area contributed by atoms with Gasteiger partial charge >= 0.3 is 0 Å². The second kappa shape index (κ2) is 3.17. The van der Waals surface area contributed by atoms with Gasteiger partial charge in [-0.15, -0.1) is 0 Å². The zero-order valence-electron chi connectivity index (χ0n) is 4.76. The summed E-state index contributed by atoms with van der Waals surface area (Å²) in [6, 6.07) is 8.49. The van der Waals surface area contributed by atoms with E-state index in [9.17, 15) is 0 Å². The lowest BCUT2D eigenvalue weighted by Crippen LogP contribution is -1.81. The van der Waals surface area contributed by atoms with Crippen LogP contribution in [0.5, 0.6) is 0 Å². The Morgan fingerprint density at radius 2 is 2.33 bits per heavy atom. The van der Waals surface area contributed by atoms with Gasteiger partial charge in [0.2, 0.25) is 0 Å². The summed E-state index contributed by atoms with van der Waals surface area (Å²) in [6.45, 7) is 0.105. The average Bonchev–Trinajstić information content (AvgIpc) is 1.88. The van der Waals surface area contributed by atoms with Crippen LogP contribution in [0.3, 0.4) is 0 Å². The third-order valence-corrected chi connectivity index (χ3v) is 1.62. The molecule has 9 heavy (non-hydrogen) atoms. The number of hydrogen-bond acceptors (Lipinski definition) is 1. The fourth-order valence-electron chi connectivity index (χ4n) is 0.580. The molecule has 0 fully saturated rings. The molecule has 0 bridgehead atoms. The number of hydrogen-bond donors (Lipinski definition) is 1. The van der Waals surface area contributed by atoms with Crippen molar-refractivity contribution in [1.82, 2.24) is 0 Å². The van der Waals surface area contributed by atoms with Crippen LogP contribution < -0.4 is 0 Å². The van der Waals surface area contributed by atoms with Crippen molar-refractivity contribution in [3.05, 3.63) is 33.4 Å². The normalized spacial score (nSPS) is 9.56. The second-order valence-electron chi connectivity index (χ2n) is 1.72. The van der Waals surface area contributed by atoms with Crippen LogP contribution in [0, 0.1) is 9.64 Å². The molecule has 1 aromatic rings. The Morgan fingerprint density at radius 3 is 2.78 bits per heavy atom. The fourth-order valence-corrected chi connectivity index (χ4v) is 1.16. The zero-order chi connectivity index (χ0) is 6.69. The third-order valence-electron chi connectivity index (χ3n) is 0.996. The summed E-state index contributed by atoms with van der Waals surface area (Å²) in [5, 5.41) is 8.64. The lowest BCUT2D eigenvalue weighted by molar-refractivity contribution is 0.281. The van der Waals surface area contributed by atoms with Gasteiger partial charge in [-0.25, -0.2) is 0 Å². The Bertz CT molecular complexity index is 198. The van der Waals surface area contributed by atoms with E-state index in [1.165, 1.54) is 0 Å². The first-order valence-corrected chi connectivity index (χ1v) is 3.67. The maximum Gasteiger partial charge on any atom is 0.0682 e. The van der Waals surface area contributed by atoms with Crippen LogP contribution in [0.15, 0.2) is 18.2 Å². The summed E-state index contributed by atoms with van der Waals surface area (Å²) in [5.74, 6) is 0. The summed E-state index contributed by atoms with van der Waals surface area (Å²) in [4.78, 5) is 0. The van der Waals surface area contributed by atoms with Crippen LogP contribution in [-0.2, 0) is 6.61 Å². The highest BCUT2D eigenvalue weighted by Crippen LogP contribution is 2.06. The summed E-state index contributed by atoms with van der Waals surface area (Å²) >= 11 is 2.19. The molecule has 2 heteroatoms. The van der Waals surface area contributed by atoms with Gasteiger partial charge < -0.3 is 5.11 Å². The molecule has 1 rings (SSSR count). The van der Waals surface area contributed by atoms with Crippen LogP contribution in [0.2, 0.25) is 0 Å². The molecule has 0 saturated carbocycles. The van der Waals surface area contributed by atoms with Gasteiger partial charge in [-0.3, -0.25) is 0 Å². The van der Waals surface area contributed by atoms with E-state index in [4.69, 9.17) is 5.11 Å². The molecule has 0 aliphatic heterocycles. The molecule has 1 aromatic carbocycles. The van der Waals surface area contributed by atoms with Gasteiger partial charge in [-0.1, -0.05) is 0 Å². The van der Waals surface area contributed by atoms with Crippen molar-refractivity contribution < 1.29 is 5.11 Å².